The Morgan fingerprint density at radius 2 is 2.27 bits per heavy atom. The molecule has 1 aromatic carbocycles. The van der Waals surface area contributed by atoms with Gasteiger partial charge >= 0.3 is 0 Å². The van der Waals surface area contributed by atoms with Crippen LogP contribution in [0, 0.1) is 0 Å². The lowest BCUT2D eigenvalue weighted by Gasteiger charge is -1.99. The van der Waals surface area contributed by atoms with E-state index in [1.807, 2.05) is 6.92 Å². The third-order valence-electron chi connectivity index (χ3n) is 2.29. The molecule has 78 valence electrons. The van der Waals surface area contributed by atoms with Crippen LogP contribution in [0.4, 0.5) is 0 Å². The summed E-state index contributed by atoms with van der Waals surface area (Å²) < 4.78 is 6.18. The lowest BCUT2D eigenvalue weighted by molar-refractivity contribution is 0.112. The zero-order chi connectivity index (χ0) is 11.0. The molecule has 0 amide bonds. The molecule has 3 nitrogen and oxygen atoms in total. The molecule has 0 aliphatic carbocycles. The second kappa shape index (κ2) is 3.70. The highest BCUT2D eigenvalue weighted by Gasteiger charge is 2.14. The number of furan rings is 1. The predicted molar refractivity (Wildman–Crippen MR) is 60.3 cm³/mol. The molecule has 0 fully saturated rings. The number of carbonyl (C=O) groups excluding carboxylic acids is 1. The zero-order valence-electron chi connectivity index (χ0n) is 8.08. The number of aldehydes is 1. The molecule has 0 saturated carbocycles. The second-order valence-corrected chi connectivity index (χ2v) is 4.08. The van der Waals surface area contributed by atoms with E-state index in [1.165, 1.54) is 0 Å². The third kappa shape index (κ3) is 1.55. The van der Waals surface area contributed by atoms with Crippen molar-refractivity contribution in [1.82, 2.24) is 0 Å². The summed E-state index contributed by atoms with van der Waals surface area (Å²) in [6, 6.07) is 3.30. The van der Waals surface area contributed by atoms with Gasteiger partial charge in [0.2, 0.25) is 0 Å². The van der Waals surface area contributed by atoms with E-state index in [9.17, 15) is 9.90 Å². The van der Waals surface area contributed by atoms with Gasteiger partial charge in [-0.15, -0.1) is 0 Å². The van der Waals surface area contributed by atoms with Crippen LogP contribution < -0.4 is 0 Å². The van der Waals surface area contributed by atoms with E-state index in [0.717, 1.165) is 12.2 Å². The first kappa shape index (κ1) is 10.2. The van der Waals surface area contributed by atoms with Crippen molar-refractivity contribution in [2.75, 3.05) is 0 Å². The second-order valence-electron chi connectivity index (χ2n) is 3.22. The maximum Gasteiger partial charge on any atom is 0.153 e. The van der Waals surface area contributed by atoms with Crippen molar-refractivity contribution in [2.24, 2.45) is 0 Å². The standard InChI is InChI=1S/C11H9BrO3/c1-2-7-4-8-10(14)6(5-13)3-9(12)11(8)15-7/h3-5,14H,2H2,1H3. The fourth-order valence-electron chi connectivity index (χ4n) is 1.49. The fourth-order valence-corrected chi connectivity index (χ4v) is 2.03. The van der Waals surface area contributed by atoms with Crippen molar-refractivity contribution in [1.29, 1.82) is 0 Å². The molecule has 0 bridgehead atoms. The minimum Gasteiger partial charge on any atom is -0.506 e. The van der Waals surface area contributed by atoms with Crippen LogP contribution in [0.5, 0.6) is 5.75 Å². The number of rotatable bonds is 2. The van der Waals surface area contributed by atoms with Gasteiger partial charge in [0.15, 0.2) is 11.9 Å². The van der Waals surface area contributed by atoms with E-state index in [1.54, 1.807) is 12.1 Å². The predicted octanol–water partition coefficient (Wildman–Crippen LogP) is 3.28. The number of phenols is 1. The maximum absolute atomic E-state index is 10.7. The molecule has 0 aliphatic rings. The molecule has 0 saturated heterocycles. The van der Waals surface area contributed by atoms with Gasteiger partial charge in [0.05, 0.1) is 15.4 Å². The zero-order valence-corrected chi connectivity index (χ0v) is 9.67. The number of benzene rings is 1. The Kier molecular flexibility index (Phi) is 2.52. The van der Waals surface area contributed by atoms with Crippen LogP contribution >= 0.6 is 15.9 Å². The maximum atomic E-state index is 10.7. The first-order chi connectivity index (χ1) is 7.17. The molecular formula is C11H9BrO3. The molecule has 0 aliphatic heterocycles. The molecular weight excluding hydrogens is 260 g/mol. The molecule has 0 unspecified atom stereocenters. The van der Waals surface area contributed by atoms with Crippen LogP contribution in [-0.2, 0) is 6.42 Å². The number of hydrogen-bond acceptors (Lipinski definition) is 3. The summed E-state index contributed by atoms with van der Waals surface area (Å²) in [7, 11) is 0. The third-order valence-corrected chi connectivity index (χ3v) is 2.88. The molecule has 2 aromatic rings. The van der Waals surface area contributed by atoms with E-state index in [0.29, 0.717) is 21.7 Å². The van der Waals surface area contributed by atoms with Crippen LogP contribution in [0.2, 0.25) is 0 Å². The number of fused-ring (bicyclic) bond motifs is 1. The lowest BCUT2D eigenvalue weighted by Crippen LogP contribution is -1.82. The highest BCUT2D eigenvalue weighted by atomic mass is 79.9. The number of hydrogen-bond donors (Lipinski definition) is 1. The van der Waals surface area contributed by atoms with Gasteiger partial charge in [-0.05, 0) is 28.1 Å². The fraction of sp³-hybridized carbons (Fsp3) is 0.182. The summed E-state index contributed by atoms with van der Waals surface area (Å²) in [6.07, 6.45) is 1.37. The van der Waals surface area contributed by atoms with Crippen LogP contribution in [0.3, 0.4) is 0 Å². The van der Waals surface area contributed by atoms with E-state index in [2.05, 4.69) is 15.9 Å². The monoisotopic (exact) mass is 268 g/mol. The Labute approximate surface area is 94.8 Å². The van der Waals surface area contributed by atoms with Crippen molar-refractivity contribution < 1.29 is 14.3 Å². The first-order valence-corrected chi connectivity index (χ1v) is 5.35. The lowest BCUT2D eigenvalue weighted by atomic mass is 10.1. The van der Waals surface area contributed by atoms with Crippen molar-refractivity contribution >= 4 is 33.2 Å². The van der Waals surface area contributed by atoms with Gasteiger partial charge in [-0.1, -0.05) is 6.92 Å². The van der Waals surface area contributed by atoms with Gasteiger partial charge < -0.3 is 9.52 Å². The molecule has 0 radical (unpaired) electrons. The summed E-state index contributed by atoms with van der Waals surface area (Å²) in [5.41, 5.74) is 0.841. The summed E-state index contributed by atoms with van der Waals surface area (Å²) in [5.74, 6) is 0.760. The summed E-state index contributed by atoms with van der Waals surface area (Å²) in [4.78, 5) is 10.7. The van der Waals surface area contributed by atoms with E-state index in [4.69, 9.17) is 4.42 Å². The van der Waals surface area contributed by atoms with E-state index < -0.39 is 0 Å². The van der Waals surface area contributed by atoms with Crippen molar-refractivity contribution in [3.8, 4) is 5.75 Å². The molecule has 4 heteroatoms. The number of aryl methyl sites for hydroxylation is 1. The molecule has 1 N–H and O–H groups in total. The van der Waals surface area contributed by atoms with Crippen LogP contribution in [-0.4, -0.2) is 11.4 Å². The summed E-state index contributed by atoms with van der Waals surface area (Å²) >= 11 is 3.30. The van der Waals surface area contributed by atoms with Gasteiger partial charge in [0, 0.05) is 6.42 Å². The Morgan fingerprint density at radius 3 is 2.87 bits per heavy atom. The molecule has 1 aromatic heterocycles. The minimum atomic E-state index is -0.0216. The Hall–Kier alpha value is -1.29. The number of carbonyl (C=O) groups is 1. The van der Waals surface area contributed by atoms with Crippen molar-refractivity contribution in [2.45, 2.75) is 13.3 Å². The van der Waals surface area contributed by atoms with Crippen molar-refractivity contribution in [3.63, 3.8) is 0 Å². The Balaban J connectivity index is 2.84. The van der Waals surface area contributed by atoms with Crippen LogP contribution in [0.1, 0.15) is 23.0 Å². The highest BCUT2D eigenvalue weighted by Crippen LogP contribution is 2.36. The number of aromatic hydroxyl groups is 1. The molecule has 0 atom stereocenters. The van der Waals surface area contributed by atoms with E-state index >= 15 is 0 Å². The molecule has 1 heterocycles. The largest absolute Gasteiger partial charge is 0.506 e. The average Bonchev–Trinajstić information content (AvgIpc) is 2.68. The number of halogens is 1. The van der Waals surface area contributed by atoms with Gasteiger partial charge in [0.25, 0.3) is 0 Å². The quantitative estimate of drug-likeness (QED) is 0.851. The first-order valence-electron chi connectivity index (χ1n) is 4.56. The molecule has 2 rings (SSSR count). The van der Waals surface area contributed by atoms with Gasteiger partial charge in [0.1, 0.15) is 11.5 Å². The SMILES string of the molecule is CCc1cc2c(O)c(C=O)cc(Br)c2o1. The molecule has 15 heavy (non-hydrogen) atoms. The average molecular weight is 269 g/mol. The number of phenolic OH excluding ortho intramolecular Hbond substituents is 1. The summed E-state index contributed by atoms with van der Waals surface area (Å²) in [5, 5.41) is 10.3. The van der Waals surface area contributed by atoms with Gasteiger partial charge in [-0.3, -0.25) is 4.79 Å². The van der Waals surface area contributed by atoms with Gasteiger partial charge in [-0.2, -0.15) is 0 Å². The smallest absolute Gasteiger partial charge is 0.153 e. The highest BCUT2D eigenvalue weighted by molar-refractivity contribution is 9.10. The van der Waals surface area contributed by atoms with Gasteiger partial charge in [-0.25, -0.2) is 0 Å². The van der Waals surface area contributed by atoms with Crippen LogP contribution in [0.25, 0.3) is 11.0 Å². The minimum absolute atomic E-state index is 0.0216. The molecule has 0 spiro atoms. The Morgan fingerprint density at radius 1 is 1.53 bits per heavy atom. The topological polar surface area (TPSA) is 50.4 Å². The van der Waals surface area contributed by atoms with Crippen LogP contribution in [0.15, 0.2) is 21.0 Å². The van der Waals surface area contributed by atoms with Crippen molar-refractivity contribution in [3.05, 3.63) is 27.9 Å². The Bertz CT molecular complexity index is 528. The normalized spacial score (nSPS) is 10.8. The summed E-state index contributed by atoms with van der Waals surface area (Å²) in [6.45, 7) is 1.96. The van der Waals surface area contributed by atoms with E-state index in [-0.39, 0.29) is 11.3 Å².